The number of thiophene rings is 1. The van der Waals surface area contributed by atoms with Gasteiger partial charge in [0.2, 0.25) is 0 Å². The number of aromatic nitrogens is 3. The van der Waals surface area contributed by atoms with Gasteiger partial charge in [-0.1, -0.05) is 36.4 Å². The molecule has 0 spiro atoms. The summed E-state index contributed by atoms with van der Waals surface area (Å²) in [4.78, 5) is 20.7. The SMILES string of the molecule is Cc1sc2c(c1C)C(c1ccc(N3Cc4ccccc4C3)cc1)=NC([C@H](C)C(=O)O)c1nnc(C)n1-2. The van der Waals surface area contributed by atoms with Gasteiger partial charge < -0.3 is 10.0 Å². The fourth-order valence-electron chi connectivity index (χ4n) is 5.16. The maximum atomic E-state index is 12.1. The Bertz CT molecular complexity index is 1510. The van der Waals surface area contributed by atoms with E-state index < -0.39 is 17.9 Å². The average Bonchev–Trinajstić information content (AvgIpc) is 3.53. The fourth-order valence-corrected chi connectivity index (χ4v) is 6.38. The van der Waals surface area contributed by atoms with E-state index in [1.165, 1.54) is 16.0 Å². The Balaban J connectivity index is 1.46. The Morgan fingerprint density at radius 3 is 2.33 bits per heavy atom. The second kappa shape index (κ2) is 8.41. The molecule has 2 aromatic heterocycles. The minimum Gasteiger partial charge on any atom is -0.481 e. The molecule has 0 radical (unpaired) electrons. The Kier molecular flexibility index (Phi) is 5.30. The van der Waals surface area contributed by atoms with Gasteiger partial charge in [0.25, 0.3) is 0 Å². The molecule has 0 saturated carbocycles. The standard InChI is InChI=1S/C28H27N5O2S/c1-15-17(3)36-27-23(15)25(29-24(16(2)28(34)35)26-31-30-18(4)33(26)27)19-9-11-22(12-10-19)32-13-20-7-5-6-8-21(20)14-32/h5-12,16,24H,13-14H2,1-4H3,(H,34,35)/t16-,24?/m0/s1. The van der Waals surface area contributed by atoms with E-state index in [9.17, 15) is 9.90 Å². The second-order valence-corrected chi connectivity index (χ2v) is 10.8. The maximum Gasteiger partial charge on any atom is 0.308 e. The summed E-state index contributed by atoms with van der Waals surface area (Å²) < 4.78 is 2.00. The van der Waals surface area contributed by atoms with Crippen LogP contribution in [0.1, 0.15) is 57.3 Å². The summed E-state index contributed by atoms with van der Waals surface area (Å²) in [6.07, 6.45) is 0. The summed E-state index contributed by atoms with van der Waals surface area (Å²) in [6, 6.07) is 16.4. The lowest BCUT2D eigenvalue weighted by molar-refractivity contribution is -0.141. The first-order valence-corrected chi connectivity index (χ1v) is 12.9. The van der Waals surface area contributed by atoms with Gasteiger partial charge in [-0.25, -0.2) is 0 Å². The van der Waals surface area contributed by atoms with Gasteiger partial charge in [0.15, 0.2) is 5.82 Å². The largest absolute Gasteiger partial charge is 0.481 e. The van der Waals surface area contributed by atoms with Crippen molar-refractivity contribution in [2.75, 3.05) is 4.90 Å². The van der Waals surface area contributed by atoms with Crippen molar-refractivity contribution >= 4 is 28.7 Å². The van der Waals surface area contributed by atoms with Crippen LogP contribution in [0.4, 0.5) is 5.69 Å². The Labute approximate surface area is 213 Å². The van der Waals surface area contributed by atoms with Gasteiger partial charge in [-0.05, 0) is 56.5 Å². The van der Waals surface area contributed by atoms with Gasteiger partial charge >= 0.3 is 5.97 Å². The van der Waals surface area contributed by atoms with Crippen molar-refractivity contribution in [1.29, 1.82) is 0 Å². The van der Waals surface area contributed by atoms with E-state index in [1.807, 2.05) is 11.5 Å². The number of carboxylic acids is 1. The second-order valence-electron chi connectivity index (χ2n) is 9.63. The molecular weight excluding hydrogens is 470 g/mol. The molecule has 6 rings (SSSR count). The summed E-state index contributed by atoms with van der Waals surface area (Å²) in [5.41, 5.74) is 7.85. The molecule has 7 nitrogen and oxygen atoms in total. The van der Waals surface area contributed by atoms with Gasteiger partial charge in [-0.3, -0.25) is 14.4 Å². The molecule has 0 fully saturated rings. The number of fused-ring (bicyclic) bond motifs is 4. The zero-order chi connectivity index (χ0) is 25.1. The molecule has 2 atom stereocenters. The third-order valence-corrected chi connectivity index (χ3v) is 8.59. The molecule has 2 aliphatic rings. The Morgan fingerprint density at radius 1 is 1.03 bits per heavy atom. The summed E-state index contributed by atoms with van der Waals surface area (Å²) in [6.45, 7) is 9.60. The number of carbonyl (C=O) groups is 1. The van der Waals surface area contributed by atoms with E-state index in [-0.39, 0.29) is 0 Å². The van der Waals surface area contributed by atoms with Crippen molar-refractivity contribution in [3.63, 3.8) is 0 Å². The summed E-state index contributed by atoms with van der Waals surface area (Å²) in [5, 5.41) is 19.6. The smallest absolute Gasteiger partial charge is 0.308 e. The normalized spacial score (nSPS) is 17.2. The average molecular weight is 498 g/mol. The molecular formula is C28H27N5O2S. The molecule has 2 aliphatic heterocycles. The van der Waals surface area contributed by atoms with Crippen LogP contribution in [0.25, 0.3) is 5.00 Å². The number of rotatable bonds is 4. The summed E-state index contributed by atoms with van der Waals surface area (Å²) in [7, 11) is 0. The summed E-state index contributed by atoms with van der Waals surface area (Å²) in [5.74, 6) is -0.348. The van der Waals surface area contributed by atoms with E-state index in [2.05, 4.69) is 77.5 Å². The highest BCUT2D eigenvalue weighted by Gasteiger charge is 2.36. The van der Waals surface area contributed by atoms with Crippen LogP contribution in [0.5, 0.6) is 0 Å². The molecule has 4 aromatic rings. The van der Waals surface area contributed by atoms with E-state index in [4.69, 9.17) is 4.99 Å². The maximum absolute atomic E-state index is 12.1. The quantitative estimate of drug-likeness (QED) is 0.409. The highest BCUT2D eigenvalue weighted by atomic mass is 32.1. The van der Waals surface area contributed by atoms with E-state index >= 15 is 0 Å². The lowest BCUT2D eigenvalue weighted by Gasteiger charge is -2.19. The van der Waals surface area contributed by atoms with Crippen LogP contribution in [-0.2, 0) is 17.9 Å². The summed E-state index contributed by atoms with van der Waals surface area (Å²) >= 11 is 1.68. The lowest BCUT2D eigenvalue weighted by atomic mass is 9.98. The lowest BCUT2D eigenvalue weighted by Crippen LogP contribution is -2.21. The molecule has 36 heavy (non-hydrogen) atoms. The van der Waals surface area contributed by atoms with Crippen LogP contribution in [0.2, 0.25) is 0 Å². The molecule has 0 amide bonds. The molecule has 8 heteroatoms. The number of nitrogens with zero attached hydrogens (tertiary/aromatic N) is 5. The van der Waals surface area contributed by atoms with Crippen molar-refractivity contribution in [3.8, 4) is 5.00 Å². The number of aliphatic carboxylic acids is 1. The molecule has 182 valence electrons. The van der Waals surface area contributed by atoms with Crippen LogP contribution in [-0.4, -0.2) is 31.6 Å². The minimum absolute atomic E-state index is 0.575. The molecule has 0 aliphatic carbocycles. The zero-order valence-electron chi connectivity index (χ0n) is 20.7. The highest BCUT2D eigenvalue weighted by Crippen LogP contribution is 2.41. The van der Waals surface area contributed by atoms with Crippen LogP contribution < -0.4 is 4.90 Å². The number of aryl methyl sites for hydroxylation is 2. The first kappa shape index (κ1) is 22.7. The van der Waals surface area contributed by atoms with Gasteiger partial charge in [0.1, 0.15) is 16.9 Å². The third kappa shape index (κ3) is 3.47. The van der Waals surface area contributed by atoms with Crippen molar-refractivity contribution in [2.45, 2.75) is 46.8 Å². The zero-order valence-corrected chi connectivity index (χ0v) is 21.5. The first-order chi connectivity index (χ1) is 17.3. The predicted octanol–water partition coefficient (Wildman–Crippen LogP) is 5.39. The van der Waals surface area contributed by atoms with Crippen molar-refractivity contribution in [3.05, 3.63) is 92.9 Å². The number of aliphatic imine (C=N–C) groups is 1. The van der Waals surface area contributed by atoms with Crippen LogP contribution in [0.3, 0.4) is 0 Å². The van der Waals surface area contributed by atoms with Gasteiger partial charge in [-0.2, -0.15) is 0 Å². The van der Waals surface area contributed by atoms with E-state index in [0.717, 1.165) is 52.0 Å². The van der Waals surface area contributed by atoms with Crippen molar-refractivity contribution in [1.82, 2.24) is 14.8 Å². The Morgan fingerprint density at radius 2 is 1.69 bits per heavy atom. The van der Waals surface area contributed by atoms with Gasteiger partial charge in [-0.15, -0.1) is 21.5 Å². The third-order valence-electron chi connectivity index (χ3n) is 7.40. The minimum atomic E-state index is -0.905. The van der Waals surface area contributed by atoms with Gasteiger partial charge in [0.05, 0.1) is 11.6 Å². The molecule has 1 unspecified atom stereocenters. The molecule has 0 saturated heterocycles. The number of hydrogen-bond acceptors (Lipinski definition) is 6. The van der Waals surface area contributed by atoms with Crippen molar-refractivity contribution in [2.24, 2.45) is 10.9 Å². The first-order valence-electron chi connectivity index (χ1n) is 12.1. The molecule has 1 N–H and O–H groups in total. The number of hydrogen-bond donors (Lipinski definition) is 1. The van der Waals surface area contributed by atoms with Crippen molar-refractivity contribution < 1.29 is 9.90 Å². The predicted molar refractivity (Wildman–Crippen MR) is 141 cm³/mol. The van der Waals surface area contributed by atoms with Crippen LogP contribution in [0.15, 0.2) is 53.5 Å². The Hall–Kier alpha value is -3.78. The molecule has 2 aromatic carbocycles. The van der Waals surface area contributed by atoms with Crippen LogP contribution >= 0.6 is 11.3 Å². The number of anilines is 1. The highest BCUT2D eigenvalue weighted by molar-refractivity contribution is 7.15. The fraction of sp³-hybridized carbons (Fsp3) is 0.286. The van der Waals surface area contributed by atoms with E-state index in [0.29, 0.717) is 5.82 Å². The number of benzene rings is 2. The van der Waals surface area contributed by atoms with E-state index in [1.54, 1.807) is 18.3 Å². The van der Waals surface area contributed by atoms with Gasteiger partial charge in [0, 0.05) is 34.8 Å². The topological polar surface area (TPSA) is 83.6 Å². The molecule has 0 bridgehead atoms. The molecule has 4 heterocycles. The number of carboxylic acid groups (broad SMARTS) is 1. The monoisotopic (exact) mass is 497 g/mol. The van der Waals surface area contributed by atoms with Crippen LogP contribution in [0, 0.1) is 26.7 Å².